The van der Waals surface area contributed by atoms with Crippen molar-refractivity contribution in [3.63, 3.8) is 0 Å². The van der Waals surface area contributed by atoms with Crippen LogP contribution in [0.5, 0.6) is 0 Å². The Labute approximate surface area is 83.1 Å². The Morgan fingerprint density at radius 2 is 1.77 bits per heavy atom. The first-order chi connectivity index (χ1) is 5.84. The van der Waals surface area contributed by atoms with Crippen molar-refractivity contribution in [2.45, 2.75) is 6.18 Å². The number of halogens is 6. The van der Waals surface area contributed by atoms with E-state index in [2.05, 4.69) is 4.98 Å². The Kier molecular flexibility index (Phi) is 2.74. The van der Waals surface area contributed by atoms with E-state index in [9.17, 15) is 22.0 Å². The number of rotatable bonds is 0. The highest BCUT2D eigenvalue weighted by Crippen LogP contribution is 2.33. The van der Waals surface area contributed by atoms with E-state index < -0.39 is 27.1 Å². The van der Waals surface area contributed by atoms with Gasteiger partial charge < -0.3 is 0 Å². The molecule has 0 unspecified atom stereocenters. The molecule has 0 bridgehead atoms. The molecule has 0 N–H and O–H groups in total. The van der Waals surface area contributed by atoms with Crippen molar-refractivity contribution >= 4 is 22.6 Å². The summed E-state index contributed by atoms with van der Waals surface area (Å²) in [5, 5.41) is 0. The predicted molar refractivity (Wildman–Crippen MR) is 41.9 cm³/mol. The average Bonchev–Trinajstić information content (AvgIpc) is 1.95. The zero-order valence-electron chi connectivity index (χ0n) is 5.79. The number of aromatic nitrogens is 1. The van der Waals surface area contributed by atoms with Crippen LogP contribution < -0.4 is 0 Å². The molecule has 0 fully saturated rings. The molecule has 13 heavy (non-hydrogen) atoms. The zero-order valence-corrected chi connectivity index (χ0v) is 7.95. The van der Waals surface area contributed by atoms with Gasteiger partial charge >= 0.3 is 6.18 Å². The van der Waals surface area contributed by atoms with Gasteiger partial charge in [0.05, 0.1) is 6.20 Å². The largest absolute Gasteiger partial charge is 0.422 e. The summed E-state index contributed by atoms with van der Waals surface area (Å²) in [5.41, 5.74) is -1.90. The topological polar surface area (TPSA) is 12.9 Å². The Morgan fingerprint density at radius 1 is 1.23 bits per heavy atom. The third kappa shape index (κ3) is 2.06. The van der Waals surface area contributed by atoms with Crippen LogP contribution in [0.2, 0.25) is 0 Å². The molecule has 1 aromatic rings. The van der Waals surface area contributed by atoms with Crippen LogP contribution in [0.25, 0.3) is 0 Å². The van der Waals surface area contributed by atoms with Crippen molar-refractivity contribution in [2.75, 3.05) is 0 Å². The molecular formula is C6HF5IN. The van der Waals surface area contributed by atoms with Gasteiger partial charge in [-0.05, 0) is 22.6 Å². The predicted octanol–water partition coefficient (Wildman–Crippen LogP) is 2.98. The van der Waals surface area contributed by atoms with E-state index in [4.69, 9.17) is 0 Å². The van der Waals surface area contributed by atoms with E-state index in [1.807, 2.05) is 0 Å². The minimum atomic E-state index is -5.03. The molecule has 0 atom stereocenters. The second-order valence-corrected chi connectivity index (χ2v) is 3.11. The summed E-state index contributed by atoms with van der Waals surface area (Å²) in [5.74, 6) is -3.38. The lowest BCUT2D eigenvalue weighted by molar-refractivity contribution is -0.142. The maximum atomic E-state index is 12.7. The smallest absolute Gasteiger partial charge is 0.244 e. The summed E-state index contributed by atoms with van der Waals surface area (Å²) in [7, 11) is 0. The van der Waals surface area contributed by atoms with Crippen molar-refractivity contribution in [1.82, 2.24) is 4.98 Å². The van der Waals surface area contributed by atoms with Gasteiger partial charge in [0.15, 0.2) is 11.6 Å². The summed E-state index contributed by atoms with van der Waals surface area (Å²) >= 11 is 1.25. The second kappa shape index (κ2) is 3.35. The van der Waals surface area contributed by atoms with E-state index in [1.54, 1.807) is 0 Å². The molecule has 0 aliphatic rings. The Balaban J connectivity index is 3.43. The lowest BCUT2D eigenvalue weighted by Crippen LogP contribution is -2.13. The summed E-state index contributed by atoms with van der Waals surface area (Å²) in [6, 6.07) is 0. The van der Waals surface area contributed by atoms with Crippen molar-refractivity contribution < 1.29 is 22.0 Å². The number of alkyl halides is 3. The van der Waals surface area contributed by atoms with Crippen LogP contribution in [0.4, 0.5) is 22.0 Å². The van der Waals surface area contributed by atoms with E-state index >= 15 is 0 Å². The molecule has 0 aliphatic heterocycles. The fourth-order valence-electron chi connectivity index (χ4n) is 0.702. The Hall–Kier alpha value is -0.470. The summed E-state index contributed by atoms with van der Waals surface area (Å²) in [4.78, 5) is 3.09. The van der Waals surface area contributed by atoms with Crippen LogP contribution in [0.3, 0.4) is 0 Å². The fraction of sp³-hybridized carbons (Fsp3) is 0.167. The number of pyridine rings is 1. The first-order valence-electron chi connectivity index (χ1n) is 2.90. The van der Waals surface area contributed by atoms with E-state index in [0.717, 1.165) is 0 Å². The monoisotopic (exact) mass is 309 g/mol. The first-order valence-corrected chi connectivity index (χ1v) is 3.98. The molecule has 1 heterocycles. The molecule has 0 radical (unpaired) electrons. The molecule has 1 nitrogen and oxygen atoms in total. The normalized spacial score (nSPS) is 11.8. The van der Waals surface area contributed by atoms with Gasteiger partial charge in [0.2, 0.25) is 0 Å². The number of hydrogen-bond acceptors (Lipinski definition) is 1. The molecule has 1 rings (SSSR count). The third-order valence-corrected chi connectivity index (χ3v) is 1.97. The minimum Gasteiger partial charge on any atom is -0.244 e. The van der Waals surface area contributed by atoms with Crippen molar-refractivity contribution in [2.24, 2.45) is 0 Å². The fourth-order valence-corrected chi connectivity index (χ4v) is 1.11. The highest BCUT2D eigenvalue weighted by atomic mass is 127. The van der Waals surface area contributed by atoms with Gasteiger partial charge in [0.25, 0.3) is 0 Å². The van der Waals surface area contributed by atoms with Crippen LogP contribution in [-0.4, -0.2) is 4.98 Å². The van der Waals surface area contributed by atoms with Gasteiger partial charge in [0.1, 0.15) is 9.26 Å². The summed E-state index contributed by atoms with van der Waals surface area (Å²) in [6.45, 7) is 0. The van der Waals surface area contributed by atoms with Gasteiger partial charge in [-0.1, -0.05) is 0 Å². The van der Waals surface area contributed by atoms with Crippen LogP contribution in [0.1, 0.15) is 5.56 Å². The summed E-state index contributed by atoms with van der Waals surface area (Å²) in [6.07, 6.45) is -4.69. The van der Waals surface area contributed by atoms with Gasteiger partial charge in [-0.2, -0.15) is 13.2 Å². The van der Waals surface area contributed by atoms with Crippen LogP contribution in [0, 0.1) is 15.3 Å². The minimum absolute atomic E-state index is 0.341. The highest BCUT2D eigenvalue weighted by molar-refractivity contribution is 14.1. The zero-order chi connectivity index (χ0) is 10.2. The molecule has 0 spiro atoms. The van der Waals surface area contributed by atoms with E-state index in [-0.39, 0.29) is 0 Å². The number of nitrogens with zero attached hydrogens (tertiary/aromatic N) is 1. The number of hydrogen-bond donors (Lipinski definition) is 0. The quantitative estimate of drug-likeness (QED) is 0.408. The maximum Gasteiger partial charge on any atom is 0.422 e. The second-order valence-electron chi connectivity index (χ2n) is 2.08. The SMILES string of the molecule is Fc1cnc(I)c(F)c1C(F)(F)F. The maximum absolute atomic E-state index is 12.7. The average molecular weight is 309 g/mol. The highest BCUT2D eigenvalue weighted by Gasteiger charge is 2.38. The van der Waals surface area contributed by atoms with Crippen LogP contribution >= 0.6 is 22.6 Å². The molecule has 0 amide bonds. The molecule has 1 aromatic heterocycles. The Morgan fingerprint density at radius 3 is 2.15 bits per heavy atom. The standard InChI is InChI=1S/C6HF5IN/c7-2-1-13-5(12)4(8)3(2)6(9,10)11/h1H. The lowest BCUT2D eigenvalue weighted by Gasteiger charge is -2.08. The lowest BCUT2D eigenvalue weighted by atomic mass is 10.2. The van der Waals surface area contributed by atoms with Crippen LogP contribution in [-0.2, 0) is 6.18 Å². The van der Waals surface area contributed by atoms with Crippen LogP contribution in [0.15, 0.2) is 6.20 Å². The van der Waals surface area contributed by atoms with Gasteiger partial charge in [-0.25, -0.2) is 13.8 Å². The van der Waals surface area contributed by atoms with Gasteiger partial charge in [-0.3, -0.25) is 0 Å². The summed E-state index contributed by atoms with van der Waals surface area (Å²) < 4.78 is 60.7. The van der Waals surface area contributed by atoms with Crippen molar-refractivity contribution in [3.8, 4) is 0 Å². The molecule has 0 saturated heterocycles. The van der Waals surface area contributed by atoms with E-state index in [0.29, 0.717) is 6.20 Å². The molecule has 0 aliphatic carbocycles. The molecule has 0 saturated carbocycles. The molecule has 0 aromatic carbocycles. The van der Waals surface area contributed by atoms with Crippen molar-refractivity contribution in [1.29, 1.82) is 0 Å². The molecule has 72 valence electrons. The van der Waals surface area contributed by atoms with Gasteiger partial charge in [0, 0.05) is 0 Å². The third-order valence-electron chi connectivity index (χ3n) is 1.21. The van der Waals surface area contributed by atoms with Crippen molar-refractivity contribution in [3.05, 3.63) is 27.1 Å². The van der Waals surface area contributed by atoms with E-state index in [1.165, 1.54) is 22.6 Å². The first kappa shape index (κ1) is 10.6. The molecule has 7 heteroatoms. The Bertz CT molecular complexity index is 335. The van der Waals surface area contributed by atoms with Gasteiger partial charge in [-0.15, -0.1) is 0 Å². The molecular weight excluding hydrogens is 308 g/mol.